The number of nitrogen functional groups attached to an aromatic ring is 2. The number of carbonyl (C=O) groups excluding carboxylic acids is 1. The number of fused-ring (bicyclic) bond motifs is 2. The lowest BCUT2D eigenvalue weighted by molar-refractivity contribution is -0.130. The lowest BCUT2D eigenvalue weighted by Crippen LogP contribution is -2.60. The number of rotatable bonds is 8. The molecular weight excluding hydrogens is 834 g/mol. The lowest BCUT2D eigenvalue weighted by Gasteiger charge is -2.48. The highest BCUT2D eigenvalue weighted by molar-refractivity contribution is 14.1. The van der Waals surface area contributed by atoms with Crippen LogP contribution in [0.2, 0.25) is 0 Å². The molecule has 4 aliphatic rings. The molecular formula is C33H44I2N12O. The third-order valence-electron chi connectivity index (χ3n) is 11.8. The molecule has 0 bridgehead atoms. The second kappa shape index (κ2) is 13.2. The molecule has 2 unspecified atom stereocenters. The summed E-state index contributed by atoms with van der Waals surface area (Å²) in [6, 6.07) is 1.93. The van der Waals surface area contributed by atoms with Crippen LogP contribution in [0, 0.1) is 7.14 Å². The Morgan fingerprint density at radius 2 is 1.02 bits per heavy atom. The molecule has 48 heavy (non-hydrogen) atoms. The van der Waals surface area contributed by atoms with Gasteiger partial charge in [0.2, 0.25) is 0 Å². The zero-order chi connectivity index (χ0) is 33.3. The van der Waals surface area contributed by atoms with Gasteiger partial charge in [0, 0.05) is 96.1 Å². The van der Waals surface area contributed by atoms with Crippen LogP contribution in [0.15, 0.2) is 25.0 Å². The molecule has 0 amide bonds. The largest absolute Gasteiger partial charge is 0.383 e. The van der Waals surface area contributed by atoms with Crippen LogP contribution in [0.25, 0.3) is 22.1 Å². The average Bonchev–Trinajstić information content (AvgIpc) is 3.56. The number of ketones is 1. The van der Waals surface area contributed by atoms with E-state index in [0.717, 1.165) is 107 Å². The first-order valence-corrected chi connectivity index (χ1v) is 19.4. The van der Waals surface area contributed by atoms with Gasteiger partial charge in [-0.25, -0.2) is 19.9 Å². The molecule has 2 atom stereocenters. The SMILES string of the molecule is CC(C(=O)C(C)N1CCN(C2CC(n3cc(I)c4c(N)ncnc43)C2)CC1)N1CCN(C2CC(n3cc(I)c4c(N)ncnc43)C2)CC1. The molecule has 4 aromatic rings. The number of nitrogens with zero attached hydrogens (tertiary/aromatic N) is 10. The normalized spacial score (nSPS) is 27.6. The molecule has 13 nitrogen and oxygen atoms in total. The molecule has 2 saturated heterocycles. The minimum Gasteiger partial charge on any atom is -0.383 e. The van der Waals surface area contributed by atoms with Gasteiger partial charge in [-0.15, -0.1) is 0 Å². The fourth-order valence-corrected chi connectivity index (χ4v) is 10.2. The number of carbonyl (C=O) groups is 1. The van der Waals surface area contributed by atoms with Crippen molar-refractivity contribution in [2.24, 2.45) is 0 Å². The van der Waals surface area contributed by atoms with Crippen molar-refractivity contribution >= 4 is 84.7 Å². The number of piperazine rings is 2. The molecule has 2 aliphatic heterocycles. The molecule has 15 heteroatoms. The summed E-state index contributed by atoms with van der Waals surface area (Å²) in [5, 5.41) is 1.94. The van der Waals surface area contributed by atoms with E-state index >= 15 is 0 Å². The van der Waals surface area contributed by atoms with Gasteiger partial charge in [-0.2, -0.15) is 0 Å². The first-order chi connectivity index (χ1) is 23.2. The number of halogens is 2. The Hall–Kier alpha value is -2.19. The van der Waals surface area contributed by atoms with Crippen LogP contribution in [-0.4, -0.2) is 131 Å². The highest BCUT2D eigenvalue weighted by Gasteiger charge is 2.40. The van der Waals surface area contributed by atoms with Crippen molar-refractivity contribution < 1.29 is 4.79 Å². The number of hydrogen-bond acceptors (Lipinski definition) is 11. The van der Waals surface area contributed by atoms with Crippen LogP contribution in [-0.2, 0) is 4.79 Å². The first kappa shape index (κ1) is 33.0. The molecule has 2 saturated carbocycles. The van der Waals surface area contributed by atoms with Gasteiger partial charge >= 0.3 is 0 Å². The van der Waals surface area contributed by atoms with Gasteiger partial charge in [0.05, 0.1) is 22.9 Å². The second-order valence-electron chi connectivity index (χ2n) is 14.1. The third-order valence-corrected chi connectivity index (χ3v) is 13.4. The Morgan fingerprint density at radius 1 is 0.646 bits per heavy atom. The van der Waals surface area contributed by atoms with Gasteiger partial charge in [-0.1, -0.05) is 0 Å². The van der Waals surface area contributed by atoms with Crippen LogP contribution in [0.1, 0.15) is 51.6 Å². The van der Waals surface area contributed by atoms with Gasteiger partial charge in [-0.05, 0) is 84.7 Å². The topological polar surface area (TPSA) is 143 Å². The first-order valence-electron chi connectivity index (χ1n) is 17.2. The predicted octanol–water partition coefficient (Wildman–Crippen LogP) is 3.24. The lowest BCUT2D eigenvalue weighted by atomic mass is 9.84. The predicted molar refractivity (Wildman–Crippen MR) is 204 cm³/mol. The molecule has 8 rings (SSSR count). The van der Waals surface area contributed by atoms with Crippen molar-refractivity contribution in [3.63, 3.8) is 0 Å². The van der Waals surface area contributed by atoms with Crippen LogP contribution in [0.3, 0.4) is 0 Å². The Kier molecular flexibility index (Phi) is 9.05. The highest BCUT2D eigenvalue weighted by Crippen LogP contribution is 2.41. The van der Waals surface area contributed by atoms with E-state index < -0.39 is 0 Å². The molecule has 4 fully saturated rings. The second-order valence-corrected chi connectivity index (χ2v) is 16.5. The minimum absolute atomic E-state index is 0.0581. The summed E-state index contributed by atoms with van der Waals surface area (Å²) in [5.74, 6) is 1.46. The van der Waals surface area contributed by atoms with E-state index in [1.807, 2.05) is 0 Å². The summed E-state index contributed by atoms with van der Waals surface area (Å²) in [6.07, 6.45) is 12.0. The van der Waals surface area contributed by atoms with Gasteiger partial charge in [-0.3, -0.25) is 24.4 Å². The van der Waals surface area contributed by atoms with Crippen LogP contribution >= 0.6 is 45.2 Å². The number of Topliss-reactive ketones (excluding diaryl/α,β-unsaturated/α-hetero) is 1. The van der Waals surface area contributed by atoms with Crippen LogP contribution < -0.4 is 11.5 Å². The van der Waals surface area contributed by atoms with E-state index in [1.165, 1.54) is 0 Å². The molecule has 4 aromatic heterocycles. The molecule has 4 N–H and O–H groups in total. The number of aromatic nitrogens is 6. The van der Waals surface area contributed by atoms with Crippen LogP contribution in [0.5, 0.6) is 0 Å². The minimum atomic E-state index is -0.0581. The summed E-state index contributed by atoms with van der Waals surface area (Å²) >= 11 is 4.67. The van der Waals surface area contributed by atoms with Gasteiger partial charge in [0.1, 0.15) is 35.6 Å². The van der Waals surface area contributed by atoms with E-state index in [0.29, 0.717) is 41.6 Å². The quantitative estimate of drug-likeness (QED) is 0.252. The fraction of sp³-hybridized carbons (Fsp3) is 0.606. The summed E-state index contributed by atoms with van der Waals surface area (Å²) in [6.45, 7) is 12.1. The van der Waals surface area contributed by atoms with E-state index in [-0.39, 0.29) is 12.1 Å². The Bertz CT molecular complexity index is 1690. The molecule has 6 heterocycles. The van der Waals surface area contributed by atoms with Crippen molar-refractivity contribution in [2.75, 3.05) is 63.8 Å². The zero-order valence-electron chi connectivity index (χ0n) is 27.5. The van der Waals surface area contributed by atoms with Crippen molar-refractivity contribution in [1.82, 2.24) is 48.7 Å². The summed E-state index contributed by atoms with van der Waals surface area (Å²) in [4.78, 5) is 41.2. The standard InChI is InChI=1S/C33H44I2N12O/c1-19(42-3-7-44(8-4-42)21-11-23(12-21)46-15-25(34)27-30(36)38-17-40-32(27)46)29(48)20(2)43-5-9-45(10-6-43)22-13-24(14-22)47-16-26(35)28-31(37)39-18-41-33(28)47/h15-24H,3-14H2,1-2H3,(H2,36,38,40)(H2,37,39,41). The molecule has 0 spiro atoms. The molecule has 256 valence electrons. The maximum Gasteiger partial charge on any atom is 0.166 e. The summed E-state index contributed by atoms with van der Waals surface area (Å²) in [7, 11) is 0. The van der Waals surface area contributed by atoms with Crippen LogP contribution in [0.4, 0.5) is 11.6 Å². The third kappa shape index (κ3) is 5.78. The summed E-state index contributed by atoms with van der Waals surface area (Å²) in [5.41, 5.74) is 14.2. The zero-order valence-corrected chi connectivity index (χ0v) is 31.9. The van der Waals surface area contributed by atoms with Gasteiger partial charge in [0.15, 0.2) is 5.78 Å². The van der Waals surface area contributed by atoms with E-state index in [9.17, 15) is 4.79 Å². The van der Waals surface area contributed by atoms with Gasteiger partial charge < -0.3 is 20.6 Å². The smallest absolute Gasteiger partial charge is 0.166 e. The Morgan fingerprint density at radius 3 is 1.40 bits per heavy atom. The maximum absolute atomic E-state index is 13.7. The van der Waals surface area contributed by atoms with E-state index in [2.05, 4.69) is 120 Å². The number of nitrogens with two attached hydrogens (primary N) is 2. The number of hydrogen-bond donors (Lipinski definition) is 2. The van der Waals surface area contributed by atoms with Crippen molar-refractivity contribution in [2.45, 2.75) is 75.8 Å². The average molecular weight is 879 g/mol. The molecule has 2 aliphatic carbocycles. The monoisotopic (exact) mass is 878 g/mol. The van der Waals surface area contributed by atoms with Crippen molar-refractivity contribution in [1.29, 1.82) is 0 Å². The maximum atomic E-state index is 13.7. The highest BCUT2D eigenvalue weighted by atomic mass is 127. The van der Waals surface area contributed by atoms with Crippen molar-refractivity contribution in [3.8, 4) is 0 Å². The summed E-state index contributed by atoms with van der Waals surface area (Å²) < 4.78 is 6.81. The van der Waals surface area contributed by atoms with E-state index in [4.69, 9.17) is 11.5 Å². The molecule has 0 radical (unpaired) electrons. The fourth-order valence-electron chi connectivity index (χ4n) is 8.54. The number of anilines is 2. The van der Waals surface area contributed by atoms with E-state index in [1.54, 1.807) is 12.7 Å². The molecule has 0 aromatic carbocycles. The Balaban J connectivity index is 0.782. The van der Waals surface area contributed by atoms with Gasteiger partial charge in [0.25, 0.3) is 0 Å². The van der Waals surface area contributed by atoms with Crippen molar-refractivity contribution in [3.05, 3.63) is 32.2 Å². The Labute approximate surface area is 308 Å².